The van der Waals surface area contributed by atoms with Gasteiger partial charge >= 0.3 is 20.4 Å². The maximum Gasteiger partial charge on any atom is 2.00 e. The van der Waals surface area contributed by atoms with Gasteiger partial charge in [0.15, 0.2) is 0 Å². The Hall–Kier alpha value is -5.87. The third-order valence-electron chi connectivity index (χ3n) is 9.54. The Morgan fingerprint density at radius 1 is 0.560 bits per heavy atom. The van der Waals surface area contributed by atoms with Crippen LogP contribution in [0.5, 0.6) is 11.5 Å². The smallest absolute Gasteiger partial charge is 0.497 e. The molecule has 0 aliphatic carbocycles. The molecule has 0 atom stereocenters. The van der Waals surface area contributed by atoms with Gasteiger partial charge in [0.1, 0.15) is 0 Å². The second-order valence-corrected chi connectivity index (χ2v) is 12.4. The summed E-state index contributed by atoms with van der Waals surface area (Å²) in [4.78, 5) is 15.0. The predicted octanol–water partition coefficient (Wildman–Crippen LogP) is 10.3. The van der Waals surface area contributed by atoms with Gasteiger partial charge in [0, 0.05) is 40.2 Å². The third kappa shape index (κ3) is 4.48. The molecule has 0 radical (unpaired) electrons. The van der Waals surface area contributed by atoms with Crippen molar-refractivity contribution in [1.82, 2.24) is 23.8 Å². The van der Waals surface area contributed by atoms with Gasteiger partial charge in [-0.15, -0.1) is 12.1 Å². The predicted molar refractivity (Wildman–Crippen MR) is 196 cm³/mol. The molecule has 0 N–H and O–H groups in total. The number of rotatable bonds is 4. The third-order valence-corrected chi connectivity index (χ3v) is 9.54. The van der Waals surface area contributed by atoms with Gasteiger partial charge in [0.25, 0.3) is 0 Å². The van der Waals surface area contributed by atoms with Gasteiger partial charge in [0.05, 0.1) is 33.7 Å². The van der Waals surface area contributed by atoms with Crippen LogP contribution in [-0.4, -0.2) is 23.8 Å². The molecule has 5 heterocycles. The Balaban J connectivity index is 0.00000336. The van der Waals surface area contributed by atoms with E-state index in [1.807, 2.05) is 43.5 Å². The van der Waals surface area contributed by atoms with Crippen LogP contribution in [-0.2, 0) is 20.4 Å². The summed E-state index contributed by atoms with van der Waals surface area (Å²) in [6.07, 6.45) is 1.83. The SMILES string of the molecule is Cc1nc2c3[c-]c(Oc4[c-]c5c(cc4)c4ccccc4n4c(-c6ccccc6)c(-c6ccccc6)nc54)ccc3c3ncccc3n2c1C.[Pd+2]. The zero-order valence-corrected chi connectivity index (χ0v) is 28.6. The molecule has 0 spiro atoms. The van der Waals surface area contributed by atoms with E-state index in [1.54, 1.807) is 0 Å². The average Bonchev–Trinajstić information content (AvgIpc) is 3.71. The van der Waals surface area contributed by atoms with Crippen molar-refractivity contribution in [3.05, 3.63) is 151 Å². The molecule has 0 aliphatic heterocycles. The van der Waals surface area contributed by atoms with Gasteiger partial charge in [-0.05, 0) is 43.0 Å². The summed E-state index contributed by atoms with van der Waals surface area (Å²) >= 11 is 0. The number of hydrogen-bond acceptors (Lipinski definition) is 4. The zero-order chi connectivity index (χ0) is 32.6. The fourth-order valence-electron chi connectivity index (χ4n) is 7.20. The van der Waals surface area contributed by atoms with E-state index >= 15 is 0 Å². The summed E-state index contributed by atoms with van der Waals surface area (Å²) in [6.45, 7) is 4.12. The van der Waals surface area contributed by atoms with Gasteiger partial charge in [-0.25, -0.2) is 0 Å². The number of fused-ring (bicyclic) bond motifs is 12. The van der Waals surface area contributed by atoms with Crippen LogP contribution >= 0.6 is 0 Å². The number of pyridine rings is 3. The Kier molecular flexibility index (Phi) is 7.03. The first-order valence-corrected chi connectivity index (χ1v) is 16.3. The summed E-state index contributed by atoms with van der Waals surface area (Å²) < 4.78 is 11.0. The minimum absolute atomic E-state index is 0. The summed E-state index contributed by atoms with van der Waals surface area (Å²) in [5, 5.41) is 4.90. The minimum atomic E-state index is 0. The molecule has 50 heavy (non-hydrogen) atoms. The van der Waals surface area contributed by atoms with E-state index in [2.05, 4.69) is 119 Å². The van der Waals surface area contributed by atoms with Crippen LogP contribution in [0.3, 0.4) is 0 Å². The topological polar surface area (TPSA) is 56.7 Å². The monoisotopic (exact) mass is 735 g/mol. The molecule has 0 fully saturated rings. The fraction of sp³-hybridized carbons (Fsp3) is 0.0465. The second kappa shape index (κ2) is 11.6. The van der Waals surface area contributed by atoms with Crippen LogP contribution in [0.15, 0.2) is 128 Å². The standard InChI is InChI=1S/C43H27N5O.Pd/c1-26-27(2)47-38-18-11-23-44-40(38)34-22-20-31(25-36(34)42(47)45-26)49-30-19-21-32-33-16-9-10-17-37(33)48-41(29-14-7-4-8-15-29)39(28-12-5-3-6-13-28)46-43(48)35(32)24-30;/h3-23H,1-2H3;/q-2;+2. The molecular weight excluding hydrogens is 709 g/mol. The molecular formula is C43H27N5OPd. The Labute approximate surface area is 301 Å². The van der Waals surface area contributed by atoms with Gasteiger partial charge in [0.2, 0.25) is 0 Å². The van der Waals surface area contributed by atoms with Crippen molar-refractivity contribution in [2.45, 2.75) is 13.8 Å². The van der Waals surface area contributed by atoms with Crippen LogP contribution in [0.25, 0.3) is 77.3 Å². The van der Waals surface area contributed by atoms with Crippen LogP contribution in [0.2, 0.25) is 0 Å². The molecule has 5 aromatic heterocycles. The van der Waals surface area contributed by atoms with Crippen LogP contribution in [0.4, 0.5) is 0 Å². The molecule has 10 rings (SSSR count). The molecule has 10 aromatic rings. The number of aromatic nitrogens is 5. The van der Waals surface area contributed by atoms with Gasteiger partial charge in [-0.3, -0.25) is 15.0 Å². The molecule has 0 aliphatic rings. The van der Waals surface area contributed by atoms with E-state index in [0.717, 1.165) is 88.7 Å². The summed E-state index contributed by atoms with van der Waals surface area (Å²) in [5.41, 5.74) is 10.8. The quantitative estimate of drug-likeness (QED) is 0.103. The minimum Gasteiger partial charge on any atom is -0.497 e. The first-order valence-electron chi connectivity index (χ1n) is 16.3. The van der Waals surface area contributed by atoms with Crippen molar-refractivity contribution < 1.29 is 25.2 Å². The molecule has 240 valence electrons. The number of hydrogen-bond donors (Lipinski definition) is 0. The fourth-order valence-corrected chi connectivity index (χ4v) is 7.20. The molecule has 0 amide bonds. The number of aryl methyl sites for hydroxylation is 2. The maximum atomic E-state index is 6.55. The van der Waals surface area contributed by atoms with Crippen LogP contribution < -0.4 is 4.74 Å². The van der Waals surface area contributed by atoms with Crippen molar-refractivity contribution in [1.29, 1.82) is 0 Å². The second-order valence-electron chi connectivity index (χ2n) is 12.4. The van der Waals surface area contributed by atoms with E-state index in [4.69, 9.17) is 19.7 Å². The Morgan fingerprint density at radius 2 is 1.18 bits per heavy atom. The van der Waals surface area contributed by atoms with Gasteiger partial charge in [-0.2, -0.15) is 0 Å². The van der Waals surface area contributed by atoms with Crippen molar-refractivity contribution >= 4 is 54.8 Å². The number of nitrogens with zero attached hydrogens (tertiary/aromatic N) is 5. The average molecular weight is 736 g/mol. The number of para-hydroxylation sites is 1. The van der Waals surface area contributed by atoms with Gasteiger partial charge < -0.3 is 13.5 Å². The zero-order valence-electron chi connectivity index (χ0n) is 27.1. The van der Waals surface area contributed by atoms with Crippen LogP contribution in [0, 0.1) is 26.0 Å². The molecule has 0 bridgehead atoms. The molecule has 0 unspecified atom stereocenters. The summed E-state index contributed by atoms with van der Waals surface area (Å²) in [7, 11) is 0. The van der Waals surface area contributed by atoms with Crippen molar-refractivity contribution in [3.8, 4) is 34.0 Å². The molecule has 7 heteroatoms. The summed E-state index contributed by atoms with van der Waals surface area (Å²) in [5.74, 6) is 1.16. The van der Waals surface area contributed by atoms with E-state index in [0.29, 0.717) is 11.5 Å². The van der Waals surface area contributed by atoms with E-state index in [1.165, 1.54) is 0 Å². The Morgan fingerprint density at radius 3 is 1.94 bits per heavy atom. The molecule has 0 saturated carbocycles. The normalized spacial score (nSPS) is 11.6. The molecule has 0 saturated heterocycles. The largest absolute Gasteiger partial charge is 2.00 e. The van der Waals surface area contributed by atoms with Crippen LogP contribution in [0.1, 0.15) is 11.4 Å². The van der Waals surface area contributed by atoms with Crippen molar-refractivity contribution in [2.24, 2.45) is 0 Å². The first-order chi connectivity index (χ1) is 24.1. The van der Waals surface area contributed by atoms with E-state index < -0.39 is 0 Å². The first kappa shape index (κ1) is 30.2. The number of ether oxygens (including phenoxy) is 1. The van der Waals surface area contributed by atoms with Crippen molar-refractivity contribution in [3.63, 3.8) is 0 Å². The summed E-state index contributed by atoms with van der Waals surface area (Å²) in [6, 6.07) is 48.6. The number of imidazole rings is 2. The van der Waals surface area contributed by atoms with E-state index in [9.17, 15) is 0 Å². The van der Waals surface area contributed by atoms with Gasteiger partial charge in [-0.1, -0.05) is 125 Å². The Bertz CT molecular complexity index is 2930. The number of benzene rings is 5. The van der Waals surface area contributed by atoms with Crippen molar-refractivity contribution in [2.75, 3.05) is 0 Å². The maximum absolute atomic E-state index is 6.55. The molecule has 6 nitrogen and oxygen atoms in total. The van der Waals surface area contributed by atoms with E-state index in [-0.39, 0.29) is 20.4 Å². The molecule has 5 aromatic carbocycles.